The number of carbonyl (C=O) groups is 1. The molecule has 0 bridgehead atoms. The molecule has 18 heteroatoms. The molecule has 1 saturated heterocycles. The molecule has 14 atom stereocenters. The minimum atomic E-state index is -1.85. The monoisotopic (exact) mass is 673 g/mol. The lowest BCUT2D eigenvalue weighted by Gasteiger charge is -2.50. The first-order valence-electron chi connectivity index (χ1n) is 16.2. The van der Waals surface area contributed by atoms with Gasteiger partial charge in [-0.05, 0) is 52.3 Å². The van der Waals surface area contributed by atoms with Crippen molar-refractivity contribution in [2.24, 2.45) is 28.9 Å². The normalized spacial score (nSPS) is 42.5. The lowest BCUT2D eigenvalue weighted by Crippen LogP contribution is -2.69. The number of guanidine groups is 1. The number of nitrogens with one attached hydrogen (secondary N) is 5. The summed E-state index contributed by atoms with van der Waals surface area (Å²) in [6.45, 7) is 2.44. The molecule has 4 rings (SSSR count). The van der Waals surface area contributed by atoms with E-state index < -0.39 is 96.0 Å². The average molecular weight is 674 g/mol. The van der Waals surface area contributed by atoms with Gasteiger partial charge in [-0.1, -0.05) is 0 Å². The fraction of sp³-hybridized carbons (Fsp3) is 0.862. The van der Waals surface area contributed by atoms with Gasteiger partial charge in [-0.3, -0.25) is 10.2 Å². The highest BCUT2D eigenvalue weighted by Crippen LogP contribution is 2.39. The second-order valence-corrected chi connectivity index (χ2v) is 13.5. The van der Waals surface area contributed by atoms with Crippen LogP contribution in [0.1, 0.15) is 39.0 Å². The molecule has 18 nitrogen and oxygen atoms in total. The van der Waals surface area contributed by atoms with Crippen LogP contribution in [0.15, 0.2) is 11.8 Å². The number of hydrogen-bond acceptors (Lipinski definition) is 15. The summed E-state index contributed by atoms with van der Waals surface area (Å²) in [6, 6.07) is -3.87. The average Bonchev–Trinajstić information content (AvgIpc) is 3.65. The molecule has 0 spiro atoms. The van der Waals surface area contributed by atoms with Crippen molar-refractivity contribution < 1.29 is 44.5 Å². The Labute approximate surface area is 274 Å². The molecule has 0 radical (unpaired) electrons. The molecule has 4 aliphatic rings. The molecule has 18 N–H and O–H groups in total. The highest BCUT2D eigenvalue weighted by Gasteiger charge is 2.61. The number of rotatable bonds is 14. The number of likely N-dealkylation sites (N-methyl/N-ethyl adjacent to an activating group) is 1. The third kappa shape index (κ3) is 8.70. The van der Waals surface area contributed by atoms with Crippen LogP contribution in [0.3, 0.4) is 0 Å². The van der Waals surface area contributed by atoms with Gasteiger partial charge in [0.1, 0.15) is 29.7 Å². The fourth-order valence-electron chi connectivity index (χ4n) is 6.93. The van der Waals surface area contributed by atoms with Crippen molar-refractivity contribution in [2.75, 3.05) is 33.3 Å². The molecule has 2 aliphatic carbocycles. The summed E-state index contributed by atoms with van der Waals surface area (Å²) >= 11 is 0. The highest BCUT2D eigenvalue weighted by atomic mass is 16.7. The first-order valence-corrected chi connectivity index (χ1v) is 16.2. The van der Waals surface area contributed by atoms with E-state index in [1.165, 1.54) is 6.92 Å². The van der Waals surface area contributed by atoms with Gasteiger partial charge in [-0.25, -0.2) is 0 Å². The Morgan fingerprint density at radius 2 is 1.94 bits per heavy atom. The van der Waals surface area contributed by atoms with Crippen LogP contribution in [0.5, 0.6) is 0 Å². The minimum absolute atomic E-state index is 0.00916. The van der Waals surface area contributed by atoms with Crippen molar-refractivity contribution in [3.05, 3.63) is 11.8 Å². The molecular formula is C29H55N9O9. The minimum Gasteiger partial charge on any atom is -0.492 e. The molecule has 47 heavy (non-hydrogen) atoms. The summed E-state index contributed by atoms with van der Waals surface area (Å²) in [5.74, 6) is -1.39. The van der Waals surface area contributed by atoms with E-state index in [2.05, 4.69) is 21.3 Å². The van der Waals surface area contributed by atoms with Gasteiger partial charge >= 0.3 is 0 Å². The third-order valence-electron chi connectivity index (χ3n) is 9.68. The van der Waals surface area contributed by atoms with Gasteiger partial charge in [-0.15, -0.1) is 0 Å². The number of amides is 1. The smallest absolute Gasteiger partial charge is 0.254 e. The van der Waals surface area contributed by atoms with Gasteiger partial charge in [0.15, 0.2) is 17.9 Å². The number of hydrogen-bond donors (Lipinski definition) is 14. The molecule has 270 valence electrons. The topological polar surface area (TPSA) is 322 Å². The van der Waals surface area contributed by atoms with E-state index in [9.17, 15) is 30.3 Å². The summed E-state index contributed by atoms with van der Waals surface area (Å²) in [6.07, 6.45) is -2.99. The Balaban J connectivity index is 1.51. The van der Waals surface area contributed by atoms with Crippen LogP contribution in [0.4, 0.5) is 0 Å². The fourth-order valence-corrected chi connectivity index (χ4v) is 6.93. The summed E-state index contributed by atoms with van der Waals surface area (Å²) in [7, 11) is 1.57. The van der Waals surface area contributed by atoms with E-state index in [0.29, 0.717) is 44.7 Å². The van der Waals surface area contributed by atoms with Crippen LogP contribution >= 0.6 is 0 Å². The van der Waals surface area contributed by atoms with Crippen molar-refractivity contribution in [3.63, 3.8) is 0 Å². The second-order valence-electron chi connectivity index (χ2n) is 13.5. The largest absolute Gasteiger partial charge is 0.492 e. The Morgan fingerprint density at radius 1 is 1.21 bits per heavy atom. The standard InChI is InChI=1S/C29H55N9O9/c1-28(43)12-45-25(21(41)24(28)35-2)47-23-17(37-26(42)29(44)9-18(29)38-27(33)34)8-16(32)19(20(23)40)22-15(31)6-5-14(46-22)11-36-10-13(39)4-3-7-30/h5,13,15-25,35-36,39-41,43-44H,3-4,6-12,30-32H2,1-2H3,(H,37,42)(H4,33,34,38)/t13?,15-,16+,17-,18?,19?,20+,21-,22+,23+,24-,25-,28+,29?/m1/s1. The van der Waals surface area contributed by atoms with Gasteiger partial charge < -0.3 is 83.9 Å². The second kappa shape index (κ2) is 15.6. The summed E-state index contributed by atoms with van der Waals surface area (Å²) in [4.78, 5) is 13.3. The zero-order chi connectivity index (χ0) is 34.7. The van der Waals surface area contributed by atoms with Crippen molar-refractivity contribution in [1.82, 2.24) is 21.3 Å². The third-order valence-corrected chi connectivity index (χ3v) is 9.68. The molecule has 1 amide bonds. The first kappa shape index (κ1) is 37.6. The molecule has 3 fully saturated rings. The van der Waals surface area contributed by atoms with Crippen LogP contribution in [0.25, 0.3) is 0 Å². The summed E-state index contributed by atoms with van der Waals surface area (Å²) in [5.41, 5.74) is 20.8. The quantitative estimate of drug-likeness (QED) is 0.0603. The van der Waals surface area contributed by atoms with Gasteiger partial charge in [0.2, 0.25) is 0 Å². The predicted octanol–water partition coefficient (Wildman–Crippen LogP) is -5.70. The molecule has 0 aromatic heterocycles. The Kier molecular flexibility index (Phi) is 12.5. The first-order chi connectivity index (χ1) is 22.1. The van der Waals surface area contributed by atoms with Crippen molar-refractivity contribution in [2.45, 2.75) is 117 Å². The van der Waals surface area contributed by atoms with Crippen LogP contribution in [0, 0.1) is 11.3 Å². The maximum Gasteiger partial charge on any atom is 0.254 e. The van der Waals surface area contributed by atoms with Gasteiger partial charge in [0.25, 0.3) is 5.91 Å². The van der Waals surface area contributed by atoms with E-state index in [1.807, 2.05) is 6.08 Å². The Hall–Kier alpha value is -2.20. The predicted molar refractivity (Wildman–Crippen MR) is 169 cm³/mol. The van der Waals surface area contributed by atoms with Crippen molar-refractivity contribution in [1.29, 1.82) is 5.41 Å². The number of ether oxygens (including phenoxy) is 3. The maximum absolute atomic E-state index is 13.3. The lowest BCUT2D eigenvalue weighted by molar-refractivity contribution is -0.297. The van der Waals surface area contributed by atoms with Crippen LogP contribution in [-0.2, 0) is 19.0 Å². The van der Waals surface area contributed by atoms with Gasteiger partial charge in [0, 0.05) is 31.0 Å². The molecule has 0 aromatic carbocycles. The molecule has 2 aliphatic heterocycles. The zero-order valence-corrected chi connectivity index (χ0v) is 27.0. The zero-order valence-electron chi connectivity index (χ0n) is 27.0. The van der Waals surface area contributed by atoms with Gasteiger partial charge in [-0.2, -0.15) is 0 Å². The summed E-state index contributed by atoms with van der Waals surface area (Å²) < 4.78 is 18.2. The molecule has 4 unspecified atom stereocenters. The van der Waals surface area contributed by atoms with E-state index in [-0.39, 0.29) is 19.4 Å². The SMILES string of the molecule is CN[C@@H]1[C@@H](O)[C@@H](O[C@H]2[C@H](NC(=O)C3(O)CC3NC(=N)N)C[C@H](N)C([C@H]3OC(CNCC(O)CCCN)=CC[C@H]3N)[C@@H]2O)OC[C@]1(C)O. The molecule has 2 heterocycles. The number of carbonyl (C=O) groups excluding carboxylic acids is 1. The Morgan fingerprint density at radius 3 is 2.60 bits per heavy atom. The number of aliphatic hydroxyl groups excluding tert-OH is 3. The molecule has 0 aromatic rings. The Bertz CT molecular complexity index is 1120. The van der Waals surface area contributed by atoms with E-state index in [0.717, 1.165) is 0 Å². The molecule has 2 saturated carbocycles. The van der Waals surface area contributed by atoms with Crippen molar-refractivity contribution in [3.8, 4) is 0 Å². The van der Waals surface area contributed by atoms with E-state index in [4.69, 9.17) is 42.6 Å². The van der Waals surface area contributed by atoms with Crippen LogP contribution < -0.4 is 44.2 Å². The maximum atomic E-state index is 13.3. The van der Waals surface area contributed by atoms with Crippen molar-refractivity contribution >= 4 is 11.9 Å². The van der Waals surface area contributed by atoms with E-state index in [1.54, 1.807) is 7.05 Å². The lowest BCUT2D eigenvalue weighted by atomic mass is 9.72. The van der Waals surface area contributed by atoms with Crippen LogP contribution in [0.2, 0.25) is 0 Å². The summed E-state index contributed by atoms with van der Waals surface area (Å²) in [5, 5.41) is 73.5. The number of aliphatic hydroxyl groups is 5. The number of nitrogens with two attached hydrogens (primary N) is 4. The van der Waals surface area contributed by atoms with Gasteiger partial charge in [0.05, 0.1) is 43.5 Å². The van der Waals surface area contributed by atoms with E-state index >= 15 is 0 Å². The molecular weight excluding hydrogens is 618 g/mol. The highest BCUT2D eigenvalue weighted by molar-refractivity contribution is 5.91. The van der Waals surface area contributed by atoms with Crippen LogP contribution in [-0.4, -0.2) is 149 Å².